The van der Waals surface area contributed by atoms with E-state index in [0.717, 1.165) is 15.7 Å². The zero-order chi connectivity index (χ0) is 21.8. The summed E-state index contributed by atoms with van der Waals surface area (Å²) < 4.78 is 7.50. The van der Waals surface area contributed by atoms with Crippen LogP contribution in [0.4, 0.5) is 5.88 Å². The Morgan fingerprint density at radius 3 is 2.55 bits per heavy atom. The summed E-state index contributed by atoms with van der Waals surface area (Å²) in [6, 6.07) is 19.4. The van der Waals surface area contributed by atoms with E-state index >= 15 is 0 Å². The van der Waals surface area contributed by atoms with Crippen LogP contribution in [0.1, 0.15) is 16.1 Å². The maximum Gasteiger partial charge on any atom is 0.433 e. The number of benzene rings is 2. The number of hydrazone groups is 1. The fraction of sp³-hybridized carbons (Fsp3) is 0. The SMILES string of the molecule is O=C(NN=Cc1ccc([N+](=O)[O-])o1)c1cn(-c2ccccc2)nc1-c1ccc(Br)cc1. The monoisotopic (exact) mass is 479 g/mol. The molecule has 2 heterocycles. The lowest BCUT2D eigenvalue weighted by Gasteiger charge is -2.02. The maximum atomic E-state index is 12.8. The highest BCUT2D eigenvalue weighted by Gasteiger charge is 2.18. The number of carbonyl (C=O) groups is 1. The van der Waals surface area contributed by atoms with Gasteiger partial charge in [0.2, 0.25) is 0 Å². The lowest BCUT2D eigenvalue weighted by molar-refractivity contribution is -0.402. The van der Waals surface area contributed by atoms with E-state index in [9.17, 15) is 14.9 Å². The molecule has 1 N–H and O–H groups in total. The summed E-state index contributed by atoms with van der Waals surface area (Å²) in [5, 5.41) is 19.1. The first-order valence-electron chi connectivity index (χ1n) is 9.00. The van der Waals surface area contributed by atoms with Crippen molar-refractivity contribution in [2.45, 2.75) is 0 Å². The van der Waals surface area contributed by atoms with E-state index in [1.165, 1.54) is 18.3 Å². The molecule has 4 aromatic rings. The third-order valence-electron chi connectivity index (χ3n) is 4.25. The van der Waals surface area contributed by atoms with Crippen molar-refractivity contribution in [2.24, 2.45) is 5.10 Å². The van der Waals surface area contributed by atoms with E-state index < -0.39 is 16.7 Å². The van der Waals surface area contributed by atoms with Gasteiger partial charge in [0.1, 0.15) is 10.6 Å². The smallest absolute Gasteiger partial charge is 0.400 e. The number of furan rings is 1. The van der Waals surface area contributed by atoms with Gasteiger partial charge in [-0.3, -0.25) is 14.9 Å². The molecule has 0 atom stereocenters. The second-order valence-corrected chi connectivity index (χ2v) is 7.23. The number of amides is 1. The van der Waals surface area contributed by atoms with Crippen LogP contribution in [0.2, 0.25) is 0 Å². The normalized spacial score (nSPS) is 11.0. The molecule has 10 heteroatoms. The Labute approximate surface area is 184 Å². The van der Waals surface area contributed by atoms with Gasteiger partial charge in [0.05, 0.1) is 23.5 Å². The van der Waals surface area contributed by atoms with Crippen LogP contribution in [-0.2, 0) is 0 Å². The topological polar surface area (TPSA) is 116 Å². The lowest BCUT2D eigenvalue weighted by Crippen LogP contribution is -2.17. The minimum Gasteiger partial charge on any atom is -0.400 e. The molecular formula is C21H14BrN5O4. The van der Waals surface area contributed by atoms with Crippen molar-refractivity contribution >= 4 is 33.9 Å². The van der Waals surface area contributed by atoms with Gasteiger partial charge in [-0.25, -0.2) is 10.1 Å². The van der Waals surface area contributed by atoms with Gasteiger partial charge in [0.15, 0.2) is 5.76 Å². The fourth-order valence-corrected chi connectivity index (χ4v) is 3.06. The highest BCUT2D eigenvalue weighted by molar-refractivity contribution is 9.10. The van der Waals surface area contributed by atoms with E-state index in [1.807, 2.05) is 54.6 Å². The van der Waals surface area contributed by atoms with E-state index in [2.05, 4.69) is 31.6 Å². The van der Waals surface area contributed by atoms with Crippen LogP contribution in [0, 0.1) is 10.1 Å². The molecule has 154 valence electrons. The number of nitrogens with zero attached hydrogens (tertiary/aromatic N) is 4. The quantitative estimate of drug-likeness (QED) is 0.247. The average Bonchev–Trinajstić information content (AvgIpc) is 3.43. The first-order valence-corrected chi connectivity index (χ1v) is 9.79. The predicted molar refractivity (Wildman–Crippen MR) is 117 cm³/mol. The minimum absolute atomic E-state index is 0.139. The summed E-state index contributed by atoms with van der Waals surface area (Å²) in [7, 11) is 0. The van der Waals surface area contributed by atoms with E-state index in [1.54, 1.807) is 10.9 Å². The van der Waals surface area contributed by atoms with Crippen molar-refractivity contribution in [2.75, 3.05) is 0 Å². The zero-order valence-corrected chi connectivity index (χ0v) is 17.4. The van der Waals surface area contributed by atoms with E-state index in [0.29, 0.717) is 11.3 Å². The number of para-hydroxylation sites is 1. The molecule has 31 heavy (non-hydrogen) atoms. The number of hydrogen-bond donors (Lipinski definition) is 1. The molecule has 0 aliphatic heterocycles. The number of nitro groups is 1. The summed E-state index contributed by atoms with van der Waals surface area (Å²) in [6.45, 7) is 0. The Bertz CT molecular complexity index is 1260. The molecule has 0 aliphatic rings. The second-order valence-electron chi connectivity index (χ2n) is 6.31. The van der Waals surface area contributed by atoms with Crippen LogP contribution >= 0.6 is 15.9 Å². The molecule has 2 aromatic carbocycles. The van der Waals surface area contributed by atoms with Crippen molar-refractivity contribution in [3.8, 4) is 16.9 Å². The molecule has 0 saturated heterocycles. The summed E-state index contributed by atoms with van der Waals surface area (Å²) in [6.07, 6.45) is 2.81. The molecule has 0 fully saturated rings. The maximum absolute atomic E-state index is 12.8. The molecule has 9 nitrogen and oxygen atoms in total. The third-order valence-corrected chi connectivity index (χ3v) is 4.78. The number of halogens is 1. The first kappa shape index (κ1) is 20.2. The second kappa shape index (κ2) is 8.76. The number of aromatic nitrogens is 2. The number of nitrogens with one attached hydrogen (secondary N) is 1. The van der Waals surface area contributed by atoms with Gasteiger partial charge in [0.25, 0.3) is 5.91 Å². The molecule has 0 saturated carbocycles. The van der Waals surface area contributed by atoms with E-state index in [-0.39, 0.29) is 5.76 Å². The summed E-state index contributed by atoms with van der Waals surface area (Å²) in [5.74, 6) is -0.757. The van der Waals surface area contributed by atoms with Crippen molar-refractivity contribution in [1.82, 2.24) is 15.2 Å². The van der Waals surface area contributed by atoms with Crippen LogP contribution in [-0.4, -0.2) is 26.8 Å². The number of rotatable bonds is 6. The average molecular weight is 480 g/mol. The van der Waals surface area contributed by atoms with Crippen molar-refractivity contribution in [3.05, 3.63) is 98.8 Å². The van der Waals surface area contributed by atoms with Crippen molar-refractivity contribution in [1.29, 1.82) is 0 Å². The minimum atomic E-state index is -0.654. The Morgan fingerprint density at radius 1 is 1.13 bits per heavy atom. The van der Waals surface area contributed by atoms with Gasteiger partial charge in [0, 0.05) is 16.2 Å². The Balaban J connectivity index is 1.62. The molecule has 0 aliphatic carbocycles. The summed E-state index contributed by atoms with van der Waals surface area (Å²) >= 11 is 3.40. The molecule has 0 spiro atoms. The van der Waals surface area contributed by atoms with Gasteiger partial charge >= 0.3 is 5.88 Å². The van der Waals surface area contributed by atoms with Gasteiger partial charge in [-0.2, -0.15) is 10.2 Å². The summed E-state index contributed by atoms with van der Waals surface area (Å²) in [4.78, 5) is 22.9. The van der Waals surface area contributed by atoms with Gasteiger partial charge < -0.3 is 4.42 Å². The molecular weight excluding hydrogens is 466 g/mol. The molecule has 0 bridgehead atoms. The van der Waals surface area contributed by atoms with Gasteiger partial charge in [-0.05, 0) is 30.3 Å². The standard InChI is InChI=1S/C21H14BrN5O4/c22-15-8-6-14(7-9-15)20-18(13-26(25-20)16-4-2-1-3-5-16)21(28)24-23-12-17-10-11-19(31-17)27(29)30/h1-13H,(H,24,28). The zero-order valence-electron chi connectivity index (χ0n) is 15.8. The van der Waals surface area contributed by atoms with Gasteiger partial charge in [-0.15, -0.1) is 0 Å². The lowest BCUT2D eigenvalue weighted by atomic mass is 10.1. The van der Waals surface area contributed by atoms with Crippen LogP contribution < -0.4 is 5.43 Å². The van der Waals surface area contributed by atoms with Crippen LogP contribution in [0.3, 0.4) is 0 Å². The Morgan fingerprint density at radius 2 is 1.87 bits per heavy atom. The largest absolute Gasteiger partial charge is 0.433 e. The highest BCUT2D eigenvalue weighted by Crippen LogP contribution is 2.25. The highest BCUT2D eigenvalue weighted by atomic mass is 79.9. The molecule has 0 radical (unpaired) electrons. The van der Waals surface area contributed by atoms with Crippen LogP contribution in [0.25, 0.3) is 16.9 Å². The third kappa shape index (κ3) is 4.59. The van der Waals surface area contributed by atoms with Crippen molar-refractivity contribution < 1.29 is 14.1 Å². The Kier molecular flexibility index (Phi) is 5.72. The molecule has 0 unspecified atom stereocenters. The fourth-order valence-electron chi connectivity index (χ4n) is 2.80. The summed E-state index contributed by atoms with van der Waals surface area (Å²) in [5.41, 5.74) is 4.76. The van der Waals surface area contributed by atoms with Crippen molar-refractivity contribution in [3.63, 3.8) is 0 Å². The Hall–Kier alpha value is -4.05. The van der Waals surface area contributed by atoms with Crippen LogP contribution in [0.15, 0.2) is 86.9 Å². The number of hydrogen-bond acceptors (Lipinski definition) is 6. The van der Waals surface area contributed by atoms with Gasteiger partial charge in [-0.1, -0.05) is 46.3 Å². The first-order chi connectivity index (χ1) is 15.0. The predicted octanol–water partition coefficient (Wildman–Crippen LogP) is 4.57. The van der Waals surface area contributed by atoms with E-state index in [4.69, 9.17) is 4.42 Å². The van der Waals surface area contributed by atoms with Crippen LogP contribution in [0.5, 0.6) is 0 Å². The number of carbonyl (C=O) groups excluding carboxylic acids is 1. The molecule has 4 rings (SSSR count). The molecule has 2 aromatic heterocycles. The molecule has 1 amide bonds.